The molecular weight excluding hydrogens is 152 g/mol. The van der Waals surface area contributed by atoms with Crippen LogP contribution >= 0.6 is 0 Å². The lowest BCUT2D eigenvalue weighted by molar-refractivity contribution is 0.338. The maximum Gasteiger partial charge on any atom is 0.126 e. The summed E-state index contributed by atoms with van der Waals surface area (Å²) < 4.78 is 0. The Labute approximate surface area is 74.9 Å². The molecule has 0 atom stereocenters. The predicted molar refractivity (Wildman–Crippen MR) is 51.3 cm³/mol. The number of allylic oxidation sites excluding steroid dienone is 1. The van der Waals surface area contributed by atoms with Crippen LogP contribution in [0, 0.1) is 0 Å². The lowest BCUT2D eigenvalue weighted by Gasteiger charge is -1.99. The normalized spacial score (nSPS) is 11.9. The molecule has 0 aliphatic heterocycles. The molecule has 12 heavy (non-hydrogen) atoms. The van der Waals surface area contributed by atoms with Crippen LogP contribution < -0.4 is 0 Å². The Bertz CT molecular complexity index is 119. The van der Waals surface area contributed by atoms with E-state index in [0.29, 0.717) is 6.42 Å². The first kappa shape index (κ1) is 11.3. The second kappa shape index (κ2) is 8.44. The summed E-state index contributed by atoms with van der Waals surface area (Å²) in [6.07, 6.45) is 8.63. The van der Waals surface area contributed by atoms with Crippen LogP contribution in [0.2, 0.25) is 0 Å². The summed E-state index contributed by atoms with van der Waals surface area (Å²) in [6, 6.07) is 0. The number of unbranched alkanes of at least 4 members (excludes halogenated alkanes) is 5. The van der Waals surface area contributed by atoms with Crippen LogP contribution in [0.4, 0.5) is 0 Å². The molecule has 0 spiro atoms. The largest absolute Gasteiger partial charge is 0.512 e. The molecule has 0 aromatic heterocycles. The van der Waals surface area contributed by atoms with Crippen LogP contribution in [-0.2, 0) is 0 Å². The van der Waals surface area contributed by atoms with Gasteiger partial charge in [0.15, 0.2) is 0 Å². The van der Waals surface area contributed by atoms with Crippen LogP contribution in [-0.4, -0.2) is 10.2 Å². The van der Waals surface area contributed by atoms with Crippen molar-refractivity contribution in [3.8, 4) is 0 Å². The highest BCUT2D eigenvalue weighted by molar-refractivity contribution is 4.82. The van der Waals surface area contributed by atoms with Gasteiger partial charge >= 0.3 is 0 Å². The monoisotopic (exact) mass is 172 g/mol. The number of rotatable bonds is 7. The summed E-state index contributed by atoms with van der Waals surface area (Å²) in [6.45, 7) is 2.19. The van der Waals surface area contributed by atoms with Gasteiger partial charge in [0.2, 0.25) is 0 Å². The van der Waals surface area contributed by atoms with Crippen molar-refractivity contribution in [1.29, 1.82) is 0 Å². The SMILES string of the molecule is CCCCCCCCC(O)=CO. The first-order valence-corrected chi connectivity index (χ1v) is 4.83. The molecule has 0 rings (SSSR count). The number of aliphatic hydroxyl groups excluding tert-OH is 2. The fourth-order valence-electron chi connectivity index (χ4n) is 1.15. The highest BCUT2D eigenvalue weighted by atomic mass is 16.3. The lowest BCUT2D eigenvalue weighted by atomic mass is 10.1. The molecule has 0 amide bonds. The second-order valence-electron chi connectivity index (χ2n) is 3.14. The van der Waals surface area contributed by atoms with E-state index in [0.717, 1.165) is 19.1 Å². The van der Waals surface area contributed by atoms with Crippen molar-refractivity contribution in [1.82, 2.24) is 0 Å². The first-order chi connectivity index (χ1) is 5.81. The van der Waals surface area contributed by atoms with E-state index in [9.17, 15) is 0 Å². The fourth-order valence-corrected chi connectivity index (χ4v) is 1.15. The standard InChI is InChI=1S/C10H20O2/c1-2-3-4-5-6-7-8-10(12)9-11/h9,11-12H,2-8H2,1H3. The maximum atomic E-state index is 8.87. The second-order valence-corrected chi connectivity index (χ2v) is 3.14. The van der Waals surface area contributed by atoms with Crippen LogP contribution in [0.15, 0.2) is 12.0 Å². The third kappa shape index (κ3) is 7.45. The molecule has 2 nitrogen and oxygen atoms in total. The zero-order valence-corrected chi connectivity index (χ0v) is 7.92. The minimum atomic E-state index is 0.102. The zero-order valence-electron chi connectivity index (χ0n) is 7.92. The van der Waals surface area contributed by atoms with E-state index in [1.807, 2.05) is 0 Å². The van der Waals surface area contributed by atoms with Crippen molar-refractivity contribution in [2.24, 2.45) is 0 Å². The van der Waals surface area contributed by atoms with Crippen LogP contribution in [0.25, 0.3) is 0 Å². The van der Waals surface area contributed by atoms with E-state index in [4.69, 9.17) is 10.2 Å². The predicted octanol–water partition coefficient (Wildman–Crippen LogP) is 3.69. The van der Waals surface area contributed by atoms with E-state index < -0.39 is 0 Å². The van der Waals surface area contributed by atoms with Gasteiger partial charge in [-0.3, -0.25) is 0 Å². The van der Waals surface area contributed by atoms with Crippen molar-refractivity contribution in [3.05, 3.63) is 12.0 Å². The average molecular weight is 172 g/mol. The molecular formula is C10H20O2. The summed E-state index contributed by atoms with van der Waals surface area (Å²) >= 11 is 0. The highest BCUT2D eigenvalue weighted by Crippen LogP contribution is 2.09. The summed E-state index contributed by atoms with van der Waals surface area (Å²) in [5.41, 5.74) is 0. The number of hydrogen-bond acceptors (Lipinski definition) is 2. The van der Waals surface area contributed by atoms with Crippen LogP contribution in [0.5, 0.6) is 0 Å². The lowest BCUT2D eigenvalue weighted by Crippen LogP contribution is -1.83. The van der Waals surface area contributed by atoms with Crippen molar-refractivity contribution < 1.29 is 10.2 Å². The van der Waals surface area contributed by atoms with Gasteiger partial charge in [0.1, 0.15) is 12.0 Å². The molecule has 0 fully saturated rings. The van der Waals surface area contributed by atoms with Gasteiger partial charge in [0.25, 0.3) is 0 Å². The van der Waals surface area contributed by atoms with E-state index >= 15 is 0 Å². The molecule has 0 aliphatic carbocycles. The maximum absolute atomic E-state index is 8.87. The van der Waals surface area contributed by atoms with E-state index in [1.165, 1.54) is 25.7 Å². The Balaban J connectivity index is 3.00. The molecule has 0 aromatic rings. The van der Waals surface area contributed by atoms with Crippen molar-refractivity contribution in [3.63, 3.8) is 0 Å². The van der Waals surface area contributed by atoms with Gasteiger partial charge in [0, 0.05) is 6.42 Å². The summed E-state index contributed by atoms with van der Waals surface area (Å²) in [4.78, 5) is 0. The molecule has 0 saturated carbocycles. The highest BCUT2D eigenvalue weighted by Gasteiger charge is 1.93. The number of aliphatic hydroxyl groups is 2. The molecule has 0 heterocycles. The smallest absolute Gasteiger partial charge is 0.126 e. The fraction of sp³-hybridized carbons (Fsp3) is 0.800. The number of hydrogen-bond donors (Lipinski definition) is 2. The Morgan fingerprint density at radius 2 is 1.67 bits per heavy atom. The van der Waals surface area contributed by atoms with Gasteiger partial charge in [-0.05, 0) is 6.42 Å². The van der Waals surface area contributed by atoms with Crippen LogP contribution in [0.1, 0.15) is 51.9 Å². The molecule has 0 radical (unpaired) electrons. The van der Waals surface area contributed by atoms with Crippen molar-refractivity contribution in [2.75, 3.05) is 0 Å². The third-order valence-electron chi connectivity index (χ3n) is 1.94. The third-order valence-corrected chi connectivity index (χ3v) is 1.94. The van der Waals surface area contributed by atoms with E-state index in [2.05, 4.69) is 6.92 Å². The van der Waals surface area contributed by atoms with Gasteiger partial charge in [-0.25, -0.2) is 0 Å². The molecule has 72 valence electrons. The summed E-state index contributed by atoms with van der Waals surface area (Å²) in [7, 11) is 0. The zero-order chi connectivity index (χ0) is 9.23. The molecule has 0 aromatic carbocycles. The Morgan fingerprint density at radius 3 is 2.25 bits per heavy atom. The van der Waals surface area contributed by atoms with E-state index in [-0.39, 0.29) is 5.76 Å². The minimum Gasteiger partial charge on any atom is -0.512 e. The van der Waals surface area contributed by atoms with Gasteiger partial charge < -0.3 is 10.2 Å². The minimum absolute atomic E-state index is 0.102. The van der Waals surface area contributed by atoms with Crippen molar-refractivity contribution in [2.45, 2.75) is 51.9 Å². The molecule has 0 saturated heterocycles. The van der Waals surface area contributed by atoms with Gasteiger partial charge in [0.05, 0.1) is 0 Å². The first-order valence-electron chi connectivity index (χ1n) is 4.83. The van der Waals surface area contributed by atoms with Crippen molar-refractivity contribution >= 4 is 0 Å². The van der Waals surface area contributed by atoms with Gasteiger partial charge in [-0.2, -0.15) is 0 Å². The van der Waals surface area contributed by atoms with Gasteiger partial charge in [-0.15, -0.1) is 0 Å². The molecule has 0 bridgehead atoms. The topological polar surface area (TPSA) is 40.5 Å². The Kier molecular flexibility index (Phi) is 7.97. The van der Waals surface area contributed by atoms with Crippen LogP contribution in [0.3, 0.4) is 0 Å². The Hall–Kier alpha value is -0.660. The quantitative estimate of drug-likeness (QED) is 0.454. The molecule has 2 heteroatoms. The molecule has 0 aliphatic rings. The van der Waals surface area contributed by atoms with Gasteiger partial charge in [-0.1, -0.05) is 39.0 Å². The molecule has 2 N–H and O–H groups in total. The summed E-state index contributed by atoms with van der Waals surface area (Å²) in [5.74, 6) is 0.102. The van der Waals surface area contributed by atoms with E-state index in [1.54, 1.807) is 0 Å². The average Bonchev–Trinajstić information content (AvgIpc) is 2.10. The Morgan fingerprint density at radius 1 is 1.08 bits per heavy atom. The summed E-state index contributed by atoms with van der Waals surface area (Å²) in [5, 5.41) is 17.2. The molecule has 0 unspecified atom stereocenters.